The normalized spacial score (nSPS) is 20.9. The molecule has 0 unspecified atom stereocenters. The van der Waals surface area contributed by atoms with Gasteiger partial charge < -0.3 is 9.88 Å². The summed E-state index contributed by atoms with van der Waals surface area (Å²) in [6.45, 7) is 3.71. The number of amides is 1. The van der Waals surface area contributed by atoms with Crippen LogP contribution in [0.3, 0.4) is 0 Å². The van der Waals surface area contributed by atoms with E-state index in [2.05, 4.69) is 44.0 Å². The average molecular weight is 417 g/mol. The summed E-state index contributed by atoms with van der Waals surface area (Å²) < 4.78 is 0. The van der Waals surface area contributed by atoms with Crippen LogP contribution in [0, 0.1) is 5.92 Å². The van der Waals surface area contributed by atoms with Crippen molar-refractivity contribution in [1.29, 1.82) is 0 Å². The predicted octanol–water partition coefficient (Wildman–Crippen LogP) is 4.05. The fourth-order valence-corrected chi connectivity index (χ4v) is 5.46. The molecule has 162 valence electrons. The van der Waals surface area contributed by atoms with Crippen molar-refractivity contribution in [2.75, 3.05) is 26.2 Å². The van der Waals surface area contributed by atoms with Gasteiger partial charge in [0.25, 0.3) is 0 Å². The third-order valence-electron chi connectivity index (χ3n) is 7.06. The van der Waals surface area contributed by atoms with Crippen molar-refractivity contribution in [3.63, 3.8) is 0 Å². The van der Waals surface area contributed by atoms with E-state index in [0.717, 1.165) is 54.8 Å². The van der Waals surface area contributed by atoms with Crippen LogP contribution in [0.4, 0.5) is 0 Å². The average Bonchev–Trinajstić information content (AvgIpc) is 3.42. The zero-order valence-corrected chi connectivity index (χ0v) is 18.2. The molecule has 1 N–H and O–H groups in total. The van der Waals surface area contributed by atoms with Gasteiger partial charge in [-0.1, -0.05) is 37.1 Å². The molecule has 1 saturated heterocycles. The molecule has 1 aromatic carbocycles. The van der Waals surface area contributed by atoms with Crippen LogP contribution in [0.15, 0.2) is 54.9 Å². The maximum absolute atomic E-state index is 13.4. The van der Waals surface area contributed by atoms with Gasteiger partial charge in [-0.05, 0) is 48.9 Å². The van der Waals surface area contributed by atoms with E-state index in [9.17, 15) is 4.79 Å². The van der Waals surface area contributed by atoms with Crippen molar-refractivity contribution in [1.82, 2.24) is 19.8 Å². The van der Waals surface area contributed by atoms with E-state index in [1.165, 1.54) is 25.7 Å². The maximum atomic E-state index is 13.4. The van der Waals surface area contributed by atoms with Crippen LogP contribution in [-0.2, 0) is 17.6 Å². The Balaban J connectivity index is 1.32. The zero-order chi connectivity index (χ0) is 21.0. The third kappa shape index (κ3) is 4.67. The number of carbonyl (C=O) groups excluding carboxylic acids is 1. The van der Waals surface area contributed by atoms with Gasteiger partial charge in [0.05, 0.1) is 6.42 Å². The lowest BCUT2D eigenvalue weighted by Gasteiger charge is -2.29. The standard InChI is InChI=1S/C26H32N4O/c31-26(16-21-17-28-25-11-4-3-10-24(21)25)30-14-13-29(23-8-1-2-9-23)18-20(19-30)15-22-7-5-6-12-27-22/h3-7,10-12,17,20,23,28H,1-2,8-9,13-16,18-19H2/t20-/m0/s1. The summed E-state index contributed by atoms with van der Waals surface area (Å²) in [5.74, 6) is 0.661. The summed E-state index contributed by atoms with van der Waals surface area (Å²) in [4.78, 5) is 26.0. The number of aromatic nitrogens is 2. The second-order valence-electron chi connectivity index (χ2n) is 9.20. The predicted molar refractivity (Wildman–Crippen MR) is 124 cm³/mol. The number of nitrogens with zero attached hydrogens (tertiary/aromatic N) is 3. The first-order valence-corrected chi connectivity index (χ1v) is 11.7. The summed E-state index contributed by atoms with van der Waals surface area (Å²) in [7, 11) is 0. The molecular weight excluding hydrogens is 384 g/mol. The van der Waals surface area contributed by atoms with E-state index in [1.807, 2.05) is 30.6 Å². The minimum absolute atomic E-state index is 0.240. The van der Waals surface area contributed by atoms with Crippen molar-refractivity contribution in [2.24, 2.45) is 5.92 Å². The molecule has 3 heterocycles. The van der Waals surface area contributed by atoms with Gasteiger partial charge in [0.2, 0.25) is 5.91 Å². The lowest BCUT2D eigenvalue weighted by molar-refractivity contribution is -0.130. The number of pyridine rings is 1. The summed E-state index contributed by atoms with van der Waals surface area (Å²) in [6.07, 6.45) is 10.6. The van der Waals surface area contributed by atoms with Crippen LogP contribution >= 0.6 is 0 Å². The highest BCUT2D eigenvalue weighted by atomic mass is 16.2. The Hall–Kier alpha value is -2.66. The highest BCUT2D eigenvalue weighted by Gasteiger charge is 2.31. The van der Waals surface area contributed by atoms with E-state index < -0.39 is 0 Å². The molecule has 5 heteroatoms. The number of aromatic amines is 1. The molecule has 0 radical (unpaired) electrons. The van der Waals surface area contributed by atoms with E-state index >= 15 is 0 Å². The van der Waals surface area contributed by atoms with Gasteiger partial charge >= 0.3 is 0 Å². The fraction of sp³-hybridized carbons (Fsp3) is 0.462. The summed E-state index contributed by atoms with van der Waals surface area (Å²) in [6, 6.07) is 15.1. The molecule has 2 fully saturated rings. The van der Waals surface area contributed by atoms with Crippen LogP contribution < -0.4 is 0 Å². The van der Waals surface area contributed by atoms with Gasteiger partial charge in [0.1, 0.15) is 0 Å². The molecule has 1 atom stereocenters. The molecule has 1 aliphatic carbocycles. The Kier molecular flexibility index (Phi) is 6.03. The number of benzene rings is 1. The number of hydrogen-bond acceptors (Lipinski definition) is 3. The summed E-state index contributed by atoms with van der Waals surface area (Å²) in [5.41, 5.74) is 3.32. The second-order valence-corrected chi connectivity index (χ2v) is 9.20. The SMILES string of the molecule is O=C(Cc1c[nH]c2ccccc12)N1CCN(C2CCCC2)C[C@H](Cc2ccccn2)C1. The quantitative estimate of drug-likeness (QED) is 0.683. The van der Waals surface area contributed by atoms with Crippen molar-refractivity contribution < 1.29 is 4.79 Å². The molecule has 31 heavy (non-hydrogen) atoms. The zero-order valence-electron chi connectivity index (χ0n) is 18.2. The monoisotopic (exact) mass is 416 g/mol. The Morgan fingerprint density at radius 3 is 2.71 bits per heavy atom. The number of carbonyl (C=O) groups is 1. The highest BCUT2D eigenvalue weighted by Crippen LogP contribution is 2.27. The highest BCUT2D eigenvalue weighted by molar-refractivity contribution is 5.88. The number of nitrogens with one attached hydrogen (secondary N) is 1. The summed E-state index contributed by atoms with van der Waals surface area (Å²) in [5, 5.41) is 1.16. The molecular formula is C26H32N4O. The second kappa shape index (κ2) is 9.23. The van der Waals surface area contributed by atoms with Crippen molar-refractivity contribution in [3.8, 4) is 0 Å². The maximum Gasteiger partial charge on any atom is 0.227 e. The van der Waals surface area contributed by atoms with Gasteiger partial charge in [-0.25, -0.2) is 0 Å². The molecule has 3 aromatic rings. The minimum atomic E-state index is 0.240. The van der Waals surface area contributed by atoms with Crippen LogP contribution in [0.5, 0.6) is 0 Å². The number of rotatable bonds is 5. The minimum Gasteiger partial charge on any atom is -0.361 e. The molecule has 2 aromatic heterocycles. The van der Waals surface area contributed by atoms with Gasteiger partial charge in [0.15, 0.2) is 0 Å². The Morgan fingerprint density at radius 1 is 1.03 bits per heavy atom. The lowest BCUT2D eigenvalue weighted by Crippen LogP contribution is -2.39. The molecule has 1 aliphatic heterocycles. The topological polar surface area (TPSA) is 52.2 Å². The number of H-pyrrole nitrogens is 1. The molecule has 0 bridgehead atoms. The molecule has 1 saturated carbocycles. The van der Waals surface area contributed by atoms with Gasteiger partial charge in [-0.3, -0.25) is 14.7 Å². The van der Waals surface area contributed by atoms with Crippen LogP contribution in [0.2, 0.25) is 0 Å². The van der Waals surface area contributed by atoms with Gasteiger partial charge in [0, 0.05) is 61.2 Å². The smallest absolute Gasteiger partial charge is 0.227 e. The first kappa shape index (κ1) is 20.3. The fourth-order valence-electron chi connectivity index (χ4n) is 5.46. The van der Waals surface area contributed by atoms with E-state index in [-0.39, 0.29) is 5.91 Å². The molecule has 5 rings (SSSR count). The van der Waals surface area contributed by atoms with Crippen molar-refractivity contribution in [3.05, 3.63) is 66.1 Å². The van der Waals surface area contributed by atoms with E-state index in [4.69, 9.17) is 0 Å². The number of para-hydroxylation sites is 1. The Morgan fingerprint density at radius 2 is 1.87 bits per heavy atom. The molecule has 1 amide bonds. The van der Waals surface area contributed by atoms with Crippen molar-refractivity contribution >= 4 is 16.8 Å². The van der Waals surface area contributed by atoms with Crippen molar-refractivity contribution in [2.45, 2.75) is 44.6 Å². The third-order valence-corrected chi connectivity index (χ3v) is 7.06. The van der Waals surface area contributed by atoms with Crippen LogP contribution in [0.25, 0.3) is 10.9 Å². The van der Waals surface area contributed by atoms with E-state index in [1.54, 1.807) is 0 Å². The first-order valence-electron chi connectivity index (χ1n) is 11.7. The number of hydrogen-bond donors (Lipinski definition) is 1. The largest absolute Gasteiger partial charge is 0.361 e. The molecule has 2 aliphatic rings. The lowest BCUT2D eigenvalue weighted by atomic mass is 10.0. The van der Waals surface area contributed by atoms with Crippen LogP contribution in [0.1, 0.15) is 36.9 Å². The van der Waals surface area contributed by atoms with Gasteiger partial charge in [-0.2, -0.15) is 0 Å². The summed E-state index contributed by atoms with van der Waals surface area (Å²) >= 11 is 0. The molecule has 5 nitrogen and oxygen atoms in total. The van der Waals surface area contributed by atoms with Crippen LogP contribution in [-0.4, -0.2) is 57.9 Å². The van der Waals surface area contributed by atoms with E-state index in [0.29, 0.717) is 18.4 Å². The van der Waals surface area contributed by atoms with Gasteiger partial charge in [-0.15, -0.1) is 0 Å². The first-order chi connectivity index (χ1) is 15.3. The number of fused-ring (bicyclic) bond motifs is 1. The Bertz CT molecular complexity index is 1010. The Labute approximate surface area is 184 Å². The molecule has 0 spiro atoms.